The highest BCUT2D eigenvalue weighted by atomic mass is 35.5. The zero-order chi connectivity index (χ0) is 14.0. The van der Waals surface area contributed by atoms with E-state index in [1.54, 1.807) is 6.07 Å². The third kappa shape index (κ3) is 3.21. The molecule has 100 valence electrons. The number of hydrogen-bond acceptors (Lipinski definition) is 2. The number of hydrogen-bond donors (Lipinski definition) is 2. The van der Waals surface area contributed by atoms with Crippen LogP contribution in [-0.2, 0) is 6.54 Å². The highest BCUT2D eigenvalue weighted by Gasteiger charge is 2.04. The molecule has 2 N–H and O–H groups in total. The summed E-state index contributed by atoms with van der Waals surface area (Å²) in [6.45, 7) is 6.68. The predicted octanol–water partition coefficient (Wildman–Crippen LogP) is 4.58. The quantitative estimate of drug-likeness (QED) is 0.804. The van der Waals surface area contributed by atoms with E-state index in [2.05, 4.69) is 12.2 Å². The van der Waals surface area contributed by atoms with Crippen LogP contribution in [0.4, 0.5) is 5.69 Å². The van der Waals surface area contributed by atoms with Crippen LogP contribution in [0.2, 0.25) is 5.02 Å². The molecule has 0 spiro atoms. The molecule has 2 nitrogen and oxygen atoms in total. The topological polar surface area (TPSA) is 32.3 Å². The zero-order valence-electron chi connectivity index (χ0n) is 11.4. The fourth-order valence-corrected chi connectivity index (χ4v) is 2.27. The lowest BCUT2D eigenvalue weighted by Gasteiger charge is -2.13. The summed E-state index contributed by atoms with van der Waals surface area (Å²) >= 11 is 5.95. The van der Waals surface area contributed by atoms with E-state index < -0.39 is 0 Å². The maximum Gasteiger partial charge on any atom is 0.118 e. The van der Waals surface area contributed by atoms with Crippen LogP contribution < -0.4 is 5.32 Å². The molecule has 0 amide bonds. The van der Waals surface area contributed by atoms with Crippen LogP contribution in [0.25, 0.3) is 0 Å². The Labute approximate surface area is 119 Å². The largest absolute Gasteiger partial charge is 0.508 e. The van der Waals surface area contributed by atoms with Crippen molar-refractivity contribution in [3.8, 4) is 5.75 Å². The molecule has 0 saturated carbocycles. The van der Waals surface area contributed by atoms with Gasteiger partial charge in [0.25, 0.3) is 0 Å². The van der Waals surface area contributed by atoms with Crippen LogP contribution in [0.1, 0.15) is 22.3 Å². The molecule has 3 heteroatoms. The second kappa shape index (κ2) is 5.54. The first kappa shape index (κ1) is 13.8. The van der Waals surface area contributed by atoms with Gasteiger partial charge in [-0.25, -0.2) is 0 Å². The van der Waals surface area contributed by atoms with Crippen LogP contribution >= 0.6 is 11.6 Å². The lowest BCUT2D eigenvalue weighted by atomic mass is 10.1. The second-order valence-electron chi connectivity index (χ2n) is 4.88. The minimum absolute atomic E-state index is 0.339. The Bertz CT molecular complexity index is 608. The van der Waals surface area contributed by atoms with Crippen LogP contribution in [0, 0.1) is 20.8 Å². The monoisotopic (exact) mass is 275 g/mol. The van der Waals surface area contributed by atoms with E-state index in [1.165, 1.54) is 11.1 Å². The summed E-state index contributed by atoms with van der Waals surface area (Å²) in [5, 5.41) is 13.8. The average Bonchev–Trinajstić information content (AvgIpc) is 2.34. The number of benzene rings is 2. The number of nitrogens with one attached hydrogen (secondary N) is 1. The number of anilines is 1. The van der Waals surface area contributed by atoms with Crippen LogP contribution in [0.15, 0.2) is 30.3 Å². The van der Waals surface area contributed by atoms with Gasteiger partial charge in [-0.1, -0.05) is 17.7 Å². The van der Waals surface area contributed by atoms with Crippen molar-refractivity contribution in [2.45, 2.75) is 27.3 Å². The van der Waals surface area contributed by atoms with Gasteiger partial charge in [-0.3, -0.25) is 0 Å². The summed E-state index contributed by atoms with van der Waals surface area (Å²) in [6, 6.07) is 9.66. The standard InChI is InChI=1S/C16H18ClNO/c1-10-6-14(17)5-4-13(10)9-18-15-7-12(3)16(19)8-11(15)2/h4-8,18-19H,9H2,1-3H3. The second-order valence-corrected chi connectivity index (χ2v) is 5.31. The van der Waals surface area contributed by atoms with Gasteiger partial charge < -0.3 is 10.4 Å². The Balaban J connectivity index is 2.16. The first-order chi connectivity index (χ1) is 8.97. The molecule has 0 radical (unpaired) electrons. The van der Waals surface area contributed by atoms with Gasteiger partial charge in [0, 0.05) is 17.3 Å². The molecule has 0 aliphatic heterocycles. The van der Waals surface area contributed by atoms with Crippen molar-refractivity contribution in [3.05, 3.63) is 57.6 Å². The third-order valence-electron chi connectivity index (χ3n) is 3.32. The highest BCUT2D eigenvalue weighted by Crippen LogP contribution is 2.25. The fourth-order valence-electron chi connectivity index (χ4n) is 2.04. The number of phenolic OH excluding ortho intramolecular Hbond substituents is 1. The van der Waals surface area contributed by atoms with Crippen molar-refractivity contribution in [2.75, 3.05) is 5.32 Å². The van der Waals surface area contributed by atoms with Gasteiger partial charge in [0.1, 0.15) is 5.75 Å². The molecule has 2 aromatic carbocycles. The van der Waals surface area contributed by atoms with Crippen molar-refractivity contribution < 1.29 is 5.11 Å². The first-order valence-corrected chi connectivity index (χ1v) is 6.64. The molecule has 0 unspecified atom stereocenters. The summed E-state index contributed by atoms with van der Waals surface area (Å²) in [7, 11) is 0. The summed E-state index contributed by atoms with van der Waals surface area (Å²) in [6.07, 6.45) is 0. The van der Waals surface area contributed by atoms with Crippen LogP contribution in [0.5, 0.6) is 5.75 Å². The van der Waals surface area contributed by atoms with E-state index >= 15 is 0 Å². The Morgan fingerprint density at radius 3 is 2.42 bits per heavy atom. The number of halogens is 1. The van der Waals surface area contributed by atoms with Crippen molar-refractivity contribution >= 4 is 17.3 Å². The van der Waals surface area contributed by atoms with Gasteiger partial charge in [-0.15, -0.1) is 0 Å². The van der Waals surface area contributed by atoms with Crippen LogP contribution in [0.3, 0.4) is 0 Å². The lowest BCUT2D eigenvalue weighted by molar-refractivity contribution is 0.471. The number of rotatable bonds is 3. The summed E-state index contributed by atoms with van der Waals surface area (Å²) in [5.41, 5.74) is 5.35. The minimum atomic E-state index is 0.339. The molecule has 2 aromatic rings. The van der Waals surface area contributed by atoms with E-state index in [-0.39, 0.29) is 0 Å². The molecule has 19 heavy (non-hydrogen) atoms. The van der Waals surface area contributed by atoms with Crippen LogP contribution in [-0.4, -0.2) is 5.11 Å². The molecule has 0 saturated heterocycles. The minimum Gasteiger partial charge on any atom is -0.508 e. The Morgan fingerprint density at radius 2 is 1.74 bits per heavy atom. The number of aryl methyl sites for hydroxylation is 3. The van der Waals surface area contributed by atoms with Crippen molar-refractivity contribution in [2.24, 2.45) is 0 Å². The van der Waals surface area contributed by atoms with Crippen molar-refractivity contribution in [1.82, 2.24) is 0 Å². The Morgan fingerprint density at radius 1 is 1.00 bits per heavy atom. The van der Waals surface area contributed by atoms with E-state index in [1.807, 2.05) is 38.1 Å². The SMILES string of the molecule is Cc1cc(NCc2ccc(Cl)cc2C)c(C)cc1O. The van der Waals surface area contributed by atoms with Gasteiger partial charge in [-0.2, -0.15) is 0 Å². The first-order valence-electron chi connectivity index (χ1n) is 6.26. The molecule has 0 fully saturated rings. The number of aromatic hydroxyl groups is 1. The van der Waals surface area contributed by atoms with Gasteiger partial charge in [-0.05, 0) is 67.3 Å². The predicted molar refractivity (Wildman–Crippen MR) is 81.1 cm³/mol. The molecule has 0 atom stereocenters. The number of phenols is 1. The molecule has 0 aliphatic rings. The van der Waals surface area contributed by atoms with E-state index in [4.69, 9.17) is 11.6 Å². The van der Waals surface area contributed by atoms with Gasteiger partial charge in [0.2, 0.25) is 0 Å². The molecule has 0 bridgehead atoms. The summed E-state index contributed by atoms with van der Waals surface area (Å²) < 4.78 is 0. The maximum absolute atomic E-state index is 9.64. The van der Waals surface area contributed by atoms with E-state index in [9.17, 15) is 5.11 Å². The summed E-state index contributed by atoms with van der Waals surface area (Å²) in [4.78, 5) is 0. The zero-order valence-corrected chi connectivity index (χ0v) is 12.2. The highest BCUT2D eigenvalue weighted by molar-refractivity contribution is 6.30. The molecule has 0 aromatic heterocycles. The molecule has 2 rings (SSSR count). The third-order valence-corrected chi connectivity index (χ3v) is 3.55. The van der Waals surface area contributed by atoms with Gasteiger partial charge >= 0.3 is 0 Å². The molecule has 0 heterocycles. The molecule has 0 aliphatic carbocycles. The summed E-state index contributed by atoms with van der Waals surface area (Å²) in [5.74, 6) is 0.339. The normalized spacial score (nSPS) is 10.5. The Kier molecular flexibility index (Phi) is 4.01. The Hall–Kier alpha value is -1.67. The molecular weight excluding hydrogens is 258 g/mol. The van der Waals surface area contributed by atoms with E-state index in [0.717, 1.165) is 28.4 Å². The molecular formula is C16H18ClNO. The lowest BCUT2D eigenvalue weighted by Crippen LogP contribution is -2.03. The van der Waals surface area contributed by atoms with Gasteiger partial charge in [0.15, 0.2) is 0 Å². The van der Waals surface area contributed by atoms with Crippen molar-refractivity contribution in [3.63, 3.8) is 0 Å². The average molecular weight is 276 g/mol. The fraction of sp³-hybridized carbons (Fsp3) is 0.250. The van der Waals surface area contributed by atoms with E-state index in [0.29, 0.717) is 5.75 Å². The maximum atomic E-state index is 9.64. The smallest absolute Gasteiger partial charge is 0.118 e. The van der Waals surface area contributed by atoms with Crippen molar-refractivity contribution in [1.29, 1.82) is 0 Å². The van der Waals surface area contributed by atoms with Gasteiger partial charge in [0.05, 0.1) is 0 Å².